The minimum absolute atomic E-state index is 0.0718. The van der Waals surface area contributed by atoms with Crippen LogP contribution in [0.15, 0.2) is 24.3 Å². The van der Waals surface area contributed by atoms with Crippen molar-refractivity contribution in [3.05, 3.63) is 46.5 Å². The molecule has 6 nitrogen and oxygen atoms in total. The topological polar surface area (TPSA) is 86.7 Å². The predicted molar refractivity (Wildman–Crippen MR) is 81.5 cm³/mol. The van der Waals surface area contributed by atoms with Crippen molar-refractivity contribution in [2.75, 3.05) is 0 Å². The molecule has 1 unspecified atom stereocenters. The normalized spacial score (nSPS) is 19.6. The molecular weight excluding hydrogens is 312 g/mol. The molecule has 0 radical (unpaired) electrons. The number of benzene rings is 2. The molecule has 1 atom stereocenters. The van der Waals surface area contributed by atoms with E-state index in [1.165, 1.54) is 0 Å². The van der Waals surface area contributed by atoms with E-state index in [1.807, 2.05) is 6.92 Å². The van der Waals surface area contributed by atoms with E-state index in [0.717, 1.165) is 0 Å². The zero-order chi connectivity index (χ0) is 17.0. The van der Waals surface area contributed by atoms with Crippen molar-refractivity contribution in [1.29, 1.82) is 0 Å². The number of carbonyl (C=O) groups is 4. The first-order chi connectivity index (χ1) is 11.5. The summed E-state index contributed by atoms with van der Waals surface area (Å²) in [5.74, 6) is -3.38. The lowest BCUT2D eigenvalue weighted by atomic mass is 9.82. The molecule has 0 bridgehead atoms. The third kappa shape index (κ3) is 1.83. The summed E-state index contributed by atoms with van der Waals surface area (Å²) in [4.78, 5) is 48.0. The van der Waals surface area contributed by atoms with E-state index in [2.05, 4.69) is 4.74 Å². The van der Waals surface area contributed by atoms with E-state index in [1.54, 1.807) is 24.3 Å². The predicted octanol–water partition coefficient (Wildman–Crippen LogP) is 2.27. The number of hydrogen-bond donors (Lipinski definition) is 0. The van der Waals surface area contributed by atoms with Gasteiger partial charge in [0.2, 0.25) is 0 Å². The molecule has 120 valence electrons. The van der Waals surface area contributed by atoms with E-state index >= 15 is 0 Å². The maximum absolute atomic E-state index is 12.2. The second-order valence-electron chi connectivity index (χ2n) is 5.77. The van der Waals surface area contributed by atoms with Crippen LogP contribution in [0.1, 0.15) is 51.1 Å². The fourth-order valence-corrected chi connectivity index (χ4v) is 3.60. The molecule has 2 aliphatic heterocycles. The van der Waals surface area contributed by atoms with Gasteiger partial charge in [0.15, 0.2) is 0 Å². The van der Waals surface area contributed by atoms with Gasteiger partial charge in [-0.05, 0) is 28.3 Å². The lowest BCUT2D eigenvalue weighted by Crippen LogP contribution is -2.13. The average molecular weight is 324 g/mol. The van der Waals surface area contributed by atoms with Gasteiger partial charge in [-0.1, -0.05) is 31.2 Å². The Morgan fingerprint density at radius 2 is 1.62 bits per heavy atom. The zero-order valence-electron chi connectivity index (χ0n) is 12.8. The van der Waals surface area contributed by atoms with Gasteiger partial charge < -0.3 is 9.47 Å². The van der Waals surface area contributed by atoms with Gasteiger partial charge in [-0.3, -0.25) is 9.59 Å². The van der Waals surface area contributed by atoms with E-state index in [4.69, 9.17) is 4.74 Å². The van der Waals surface area contributed by atoms with E-state index in [0.29, 0.717) is 28.3 Å². The minimum Gasteiger partial charge on any atom is -0.393 e. The van der Waals surface area contributed by atoms with E-state index < -0.39 is 29.8 Å². The van der Waals surface area contributed by atoms with Gasteiger partial charge in [0.25, 0.3) is 0 Å². The van der Waals surface area contributed by atoms with Crippen molar-refractivity contribution in [2.24, 2.45) is 0 Å². The molecule has 24 heavy (non-hydrogen) atoms. The minimum atomic E-state index is -0.772. The van der Waals surface area contributed by atoms with Crippen molar-refractivity contribution in [3.8, 4) is 0 Å². The Hall–Kier alpha value is -3.02. The van der Waals surface area contributed by atoms with Crippen LogP contribution >= 0.6 is 0 Å². The van der Waals surface area contributed by atoms with Gasteiger partial charge >= 0.3 is 23.9 Å². The van der Waals surface area contributed by atoms with Gasteiger partial charge in [0, 0.05) is 0 Å². The fourth-order valence-electron chi connectivity index (χ4n) is 3.60. The molecule has 1 saturated heterocycles. The first-order valence-electron chi connectivity index (χ1n) is 7.61. The molecule has 0 spiro atoms. The molecule has 2 heterocycles. The Labute approximate surface area is 136 Å². The highest BCUT2D eigenvalue weighted by molar-refractivity contribution is 6.23. The molecule has 6 heteroatoms. The molecule has 2 aromatic carbocycles. The summed E-state index contributed by atoms with van der Waals surface area (Å²) in [7, 11) is 0. The van der Waals surface area contributed by atoms with Crippen LogP contribution in [-0.2, 0) is 25.5 Å². The van der Waals surface area contributed by atoms with Crippen molar-refractivity contribution >= 4 is 34.6 Å². The largest absolute Gasteiger partial charge is 0.393 e. The summed E-state index contributed by atoms with van der Waals surface area (Å²) in [6.45, 7) is 1.83. The van der Waals surface area contributed by atoms with Gasteiger partial charge in [-0.15, -0.1) is 0 Å². The summed E-state index contributed by atoms with van der Waals surface area (Å²) in [6, 6.07) is 7.00. The van der Waals surface area contributed by atoms with Crippen LogP contribution in [0.5, 0.6) is 0 Å². The Morgan fingerprint density at radius 1 is 0.958 bits per heavy atom. The molecule has 2 aromatic rings. The molecule has 2 aliphatic rings. The number of carbonyl (C=O) groups excluding carboxylic acids is 4. The maximum Gasteiger partial charge on any atom is 0.347 e. The smallest absolute Gasteiger partial charge is 0.347 e. The highest BCUT2D eigenvalue weighted by Crippen LogP contribution is 2.41. The number of fused-ring (bicyclic) bond motifs is 3. The first-order valence-corrected chi connectivity index (χ1v) is 7.61. The molecule has 0 aromatic heterocycles. The van der Waals surface area contributed by atoms with Crippen LogP contribution in [0.25, 0.3) is 10.8 Å². The standard InChI is InChI=1S/C18H12O6/c1-2-8-13(11-7-12(19)23-16(11)20)9-5-3-4-6-10(9)15-14(8)17(21)24-18(15)22/h3-6,11H,2,7H2,1H3. The summed E-state index contributed by atoms with van der Waals surface area (Å²) in [5, 5.41) is 1.21. The van der Waals surface area contributed by atoms with Crippen LogP contribution in [0.4, 0.5) is 0 Å². The van der Waals surface area contributed by atoms with Gasteiger partial charge in [0.1, 0.15) is 0 Å². The molecule has 0 amide bonds. The van der Waals surface area contributed by atoms with E-state index in [-0.39, 0.29) is 17.5 Å². The lowest BCUT2D eigenvalue weighted by Gasteiger charge is -2.17. The van der Waals surface area contributed by atoms with Gasteiger partial charge in [0.05, 0.1) is 23.5 Å². The molecule has 4 rings (SSSR count). The SMILES string of the molecule is CCc1c2c(c3ccccc3c1C1CC(=O)OC1=O)C(=O)OC2=O. The van der Waals surface area contributed by atoms with Crippen molar-refractivity contribution in [3.63, 3.8) is 0 Å². The van der Waals surface area contributed by atoms with E-state index in [9.17, 15) is 19.2 Å². The number of rotatable bonds is 2. The van der Waals surface area contributed by atoms with Gasteiger partial charge in [-0.2, -0.15) is 0 Å². The molecule has 0 N–H and O–H groups in total. The Kier molecular flexibility index (Phi) is 3.03. The Balaban J connectivity index is 2.14. The quantitative estimate of drug-likeness (QED) is 0.622. The number of hydrogen-bond acceptors (Lipinski definition) is 6. The lowest BCUT2D eigenvalue weighted by molar-refractivity contribution is -0.152. The number of esters is 4. The summed E-state index contributed by atoms with van der Waals surface area (Å²) in [6.07, 6.45) is 0.348. The molecule has 0 saturated carbocycles. The third-order valence-electron chi connectivity index (χ3n) is 4.53. The maximum atomic E-state index is 12.2. The summed E-state index contributed by atoms with van der Waals surface area (Å²) >= 11 is 0. The summed E-state index contributed by atoms with van der Waals surface area (Å²) < 4.78 is 9.47. The molecule has 0 aliphatic carbocycles. The average Bonchev–Trinajstić information content (AvgIpc) is 3.04. The highest BCUT2D eigenvalue weighted by Gasteiger charge is 2.42. The van der Waals surface area contributed by atoms with Crippen molar-refractivity contribution in [1.82, 2.24) is 0 Å². The summed E-state index contributed by atoms with van der Waals surface area (Å²) in [5.41, 5.74) is 1.57. The molecular formula is C18H12O6. The van der Waals surface area contributed by atoms with Crippen molar-refractivity contribution in [2.45, 2.75) is 25.7 Å². The highest BCUT2D eigenvalue weighted by atomic mass is 16.6. The number of ether oxygens (including phenoxy) is 2. The van der Waals surface area contributed by atoms with Gasteiger partial charge in [-0.25, -0.2) is 9.59 Å². The third-order valence-corrected chi connectivity index (χ3v) is 4.53. The zero-order valence-corrected chi connectivity index (χ0v) is 12.8. The second-order valence-corrected chi connectivity index (χ2v) is 5.77. The van der Waals surface area contributed by atoms with Crippen LogP contribution in [0.3, 0.4) is 0 Å². The second kappa shape index (κ2) is 4.99. The van der Waals surface area contributed by atoms with Crippen LogP contribution in [0.2, 0.25) is 0 Å². The van der Waals surface area contributed by atoms with Crippen molar-refractivity contribution < 1.29 is 28.7 Å². The molecule has 1 fully saturated rings. The van der Waals surface area contributed by atoms with Crippen LogP contribution < -0.4 is 0 Å². The monoisotopic (exact) mass is 324 g/mol. The fraction of sp³-hybridized carbons (Fsp3) is 0.222. The number of cyclic esters (lactones) is 4. The van der Waals surface area contributed by atoms with Crippen LogP contribution in [-0.4, -0.2) is 23.9 Å². The Morgan fingerprint density at radius 3 is 2.25 bits per heavy atom. The van der Waals surface area contributed by atoms with Crippen LogP contribution in [0, 0.1) is 0 Å². The Bertz CT molecular complexity index is 956. The first kappa shape index (κ1) is 14.6.